The van der Waals surface area contributed by atoms with E-state index in [1.165, 1.54) is 12.1 Å². The summed E-state index contributed by atoms with van der Waals surface area (Å²) in [5, 5.41) is 0. The van der Waals surface area contributed by atoms with Crippen LogP contribution in [0.5, 0.6) is 5.75 Å². The van der Waals surface area contributed by atoms with Crippen LogP contribution in [-0.4, -0.2) is 24.9 Å². The lowest BCUT2D eigenvalue weighted by Gasteiger charge is -2.15. The van der Waals surface area contributed by atoms with Gasteiger partial charge < -0.3 is 4.74 Å². The molecule has 0 bridgehead atoms. The topological polar surface area (TPSA) is 12.5 Å². The average Bonchev–Trinajstić information content (AvgIpc) is 2.18. The Morgan fingerprint density at radius 1 is 1.50 bits per heavy atom. The first-order valence-electron chi connectivity index (χ1n) is 4.29. The molecule has 0 atom stereocenters. The van der Waals surface area contributed by atoms with E-state index in [2.05, 4.69) is 12.6 Å². The van der Waals surface area contributed by atoms with Gasteiger partial charge in [0.1, 0.15) is 11.6 Å². The van der Waals surface area contributed by atoms with Crippen LogP contribution in [0, 0.1) is 5.82 Å². The van der Waals surface area contributed by atoms with Crippen LogP contribution in [0.2, 0.25) is 0 Å². The summed E-state index contributed by atoms with van der Waals surface area (Å²) >= 11 is 4.13. The van der Waals surface area contributed by atoms with Crippen LogP contribution in [-0.2, 0) is 6.54 Å². The number of ether oxygens (including phenoxy) is 1. The Morgan fingerprint density at radius 2 is 2.21 bits per heavy atom. The van der Waals surface area contributed by atoms with Gasteiger partial charge in [0, 0.05) is 18.0 Å². The van der Waals surface area contributed by atoms with Crippen molar-refractivity contribution in [1.29, 1.82) is 0 Å². The molecule has 0 N–H and O–H groups in total. The quantitative estimate of drug-likeness (QED) is 0.610. The monoisotopic (exact) mass is 215 g/mol. The maximum atomic E-state index is 12.9. The Bertz CT molecular complexity index is 306. The molecule has 0 aliphatic rings. The fourth-order valence-electron chi connectivity index (χ4n) is 1.21. The summed E-state index contributed by atoms with van der Waals surface area (Å²) in [6.07, 6.45) is 0. The molecule has 1 rings (SSSR count). The number of thiol groups is 1. The Balaban J connectivity index is 2.87. The lowest BCUT2D eigenvalue weighted by Crippen LogP contribution is -2.16. The van der Waals surface area contributed by atoms with Crippen LogP contribution in [0.25, 0.3) is 0 Å². The summed E-state index contributed by atoms with van der Waals surface area (Å²) in [6.45, 7) is 0.629. The maximum absolute atomic E-state index is 12.9. The third-order valence-corrected chi connectivity index (χ3v) is 2.41. The predicted molar refractivity (Wildman–Crippen MR) is 58.3 cm³/mol. The first-order valence-corrected chi connectivity index (χ1v) is 4.92. The van der Waals surface area contributed by atoms with Gasteiger partial charge in [-0.2, -0.15) is 12.6 Å². The van der Waals surface area contributed by atoms with Gasteiger partial charge in [0.2, 0.25) is 0 Å². The van der Waals surface area contributed by atoms with Crippen LogP contribution in [0.4, 0.5) is 4.39 Å². The van der Waals surface area contributed by atoms with E-state index in [1.54, 1.807) is 13.2 Å². The van der Waals surface area contributed by atoms with E-state index in [0.717, 1.165) is 5.56 Å². The highest BCUT2D eigenvalue weighted by Crippen LogP contribution is 2.20. The molecule has 4 heteroatoms. The zero-order valence-electron chi connectivity index (χ0n) is 8.33. The van der Waals surface area contributed by atoms with Gasteiger partial charge in [-0.15, -0.1) is 0 Å². The molecule has 0 fully saturated rings. The first kappa shape index (κ1) is 11.3. The van der Waals surface area contributed by atoms with Crippen molar-refractivity contribution in [2.24, 2.45) is 0 Å². The largest absolute Gasteiger partial charge is 0.496 e. The number of nitrogens with zero attached hydrogens (tertiary/aromatic N) is 1. The number of methoxy groups -OCH3 is 1. The molecule has 2 nitrogen and oxygen atoms in total. The van der Waals surface area contributed by atoms with Crippen molar-refractivity contribution < 1.29 is 9.13 Å². The van der Waals surface area contributed by atoms with Crippen molar-refractivity contribution in [1.82, 2.24) is 4.90 Å². The van der Waals surface area contributed by atoms with E-state index in [1.807, 2.05) is 11.9 Å². The zero-order valence-corrected chi connectivity index (χ0v) is 9.22. The van der Waals surface area contributed by atoms with Crippen molar-refractivity contribution in [3.05, 3.63) is 29.6 Å². The minimum Gasteiger partial charge on any atom is -0.496 e. The molecule has 14 heavy (non-hydrogen) atoms. The van der Waals surface area contributed by atoms with Gasteiger partial charge in [-0.1, -0.05) is 0 Å². The standard InChI is InChI=1S/C10H14FNOS/c1-12(7-14)6-8-5-9(11)3-4-10(8)13-2/h3-5,14H,6-7H2,1-2H3. The van der Waals surface area contributed by atoms with Crippen molar-refractivity contribution in [2.75, 3.05) is 20.0 Å². The van der Waals surface area contributed by atoms with Crippen LogP contribution < -0.4 is 4.74 Å². The molecule has 0 spiro atoms. The minimum absolute atomic E-state index is 0.242. The molecule has 0 radical (unpaired) electrons. The summed E-state index contributed by atoms with van der Waals surface area (Å²) in [6, 6.07) is 4.51. The molecule has 0 heterocycles. The van der Waals surface area contributed by atoms with Crippen LogP contribution in [0.15, 0.2) is 18.2 Å². The first-order chi connectivity index (χ1) is 6.67. The molecule has 0 amide bonds. The van der Waals surface area contributed by atoms with Crippen LogP contribution >= 0.6 is 12.6 Å². The maximum Gasteiger partial charge on any atom is 0.123 e. The molecule has 0 aliphatic carbocycles. The van der Waals surface area contributed by atoms with Crippen molar-refractivity contribution >= 4 is 12.6 Å². The van der Waals surface area contributed by atoms with Gasteiger partial charge in [-0.25, -0.2) is 4.39 Å². The number of hydrogen-bond donors (Lipinski definition) is 1. The number of benzene rings is 1. The van der Waals surface area contributed by atoms with Crippen LogP contribution in [0.3, 0.4) is 0 Å². The van der Waals surface area contributed by atoms with Crippen LogP contribution in [0.1, 0.15) is 5.56 Å². The Labute approximate surface area is 89.1 Å². The third-order valence-electron chi connectivity index (χ3n) is 1.92. The molecule has 1 aromatic carbocycles. The van der Waals surface area contributed by atoms with Gasteiger partial charge in [0.05, 0.1) is 7.11 Å². The van der Waals surface area contributed by atoms with Gasteiger partial charge in [-0.05, 0) is 25.2 Å². The third kappa shape index (κ3) is 2.89. The van der Waals surface area contributed by atoms with Crippen molar-refractivity contribution in [3.63, 3.8) is 0 Å². The van der Waals surface area contributed by atoms with E-state index >= 15 is 0 Å². The summed E-state index contributed by atoms with van der Waals surface area (Å²) in [7, 11) is 3.49. The SMILES string of the molecule is COc1ccc(F)cc1CN(C)CS. The second-order valence-electron chi connectivity index (χ2n) is 3.11. The summed E-state index contributed by atoms with van der Waals surface area (Å²) in [4.78, 5) is 1.96. The van der Waals surface area contributed by atoms with E-state index < -0.39 is 0 Å². The predicted octanol–water partition coefficient (Wildman–Crippen LogP) is 2.15. The summed E-state index contributed by atoms with van der Waals surface area (Å²) in [5.41, 5.74) is 0.837. The lowest BCUT2D eigenvalue weighted by atomic mass is 10.2. The highest BCUT2D eigenvalue weighted by molar-refractivity contribution is 7.80. The Hall–Kier alpha value is -0.740. The molecule has 0 saturated carbocycles. The Morgan fingerprint density at radius 3 is 2.79 bits per heavy atom. The fourth-order valence-corrected chi connectivity index (χ4v) is 1.31. The summed E-state index contributed by atoms with van der Waals surface area (Å²) in [5.74, 6) is 1.09. The minimum atomic E-state index is -0.242. The van der Waals surface area contributed by atoms with Gasteiger partial charge in [0.25, 0.3) is 0 Å². The number of rotatable bonds is 4. The molecule has 78 valence electrons. The average molecular weight is 215 g/mol. The summed E-state index contributed by atoms with van der Waals surface area (Å²) < 4.78 is 18.1. The van der Waals surface area contributed by atoms with E-state index in [-0.39, 0.29) is 5.82 Å². The zero-order chi connectivity index (χ0) is 10.6. The second kappa shape index (κ2) is 5.22. The number of halogens is 1. The van der Waals surface area contributed by atoms with Gasteiger partial charge in [-0.3, -0.25) is 4.90 Å². The molecular weight excluding hydrogens is 201 g/mol. The fraction of sp³-hybridized carbons (Fsp3) is 0.400. The molecule has 0 unspecified atom stereocenters. The highest BCUT2D eigenvalue weighted by Gasteiger charge is 2.06. The Kier molecular flexibility index (Phi) is 4.22. The number of hydrogen-bond acceptors (Lipinski definition) is 3. The normalized spacial score (nSPS) is 10.6. The van der Waals surface area contributed by atoms with Gasteiger partial charge >= 0.3 is 0 Å². The lowest BCUT2D eigenvalue weighted by molar-refractivity contribution is 0.362. The molecule has 0 aromatic heterocycles. The van der Waals surface area contributed by atoms with Crippen molar-refractivity contribution in [2.45, 2.75) is 6.54 Å². The van der Waals surface area contributed by atoms with E-state index in [0.29, 0.717) is 18.2 Å². The highest BCUT2D eigenvalue weighted by atomic mass is 32.1. The van der Waals surface area contributed by atoms with E-state index in [4.69, 9.17) is 4.74 Å². The molecule has 0 saturated heterocycles. The molecule has 0 aliphatic heterocycles. The smallest absolute Gasteiger partial charge is 0.123 e. The molecular formula is C10H14FNOS. The van der Waals surface area contributed by atoms with E-state index in [9.17, 15) is 4.39 Å². The second-order valence-corrected chi connectivity index (χ2v) is 3.39. The molecule has 1 aromatic rings. The van der Waals surface area contributed by atoms with Crippen molar-refractivity contribution in [3.8, 4) is 5.75 Å². The van der Waals surface area contributed by atoms with Gasteiger partial charge in [0.15, 0.2) is 0 Å².